The lowest BCUT2D eigenvalue weighted by Crippen LogP contribution is -2.38. The molecule has 2 aromatic rings. The van der Waals surface area contributed by atoms with Gasteiger partial charge in [-0.1, -0.05) is 12.1 Å². The molecule has 3 rings (SSSR count). The Morgan fingerprint density at radius 3 is 2.92 bits per heavy atom. The zero-order valence-corrected chi connectivity index (χ0v) is 15.1. The molecule has 0 aliphatic carbocycles. The first-order valence-corrected chi connectivity index (χ1v) is 8.91. The van der Waals surface area contributed by atoms with Crippen molar-refractivity contribution in [3.63, 3.8) is 0 Å². The highest BCUT2D eigenvalue weighted by Gasteiger charge is 2.11. The van der Waals surface area contributed by atoms with Gasteiger partial charge in [0, 0.05) is 39.8 Å². The van der Waals surface area contributed by atoms with Gasteiger partial charge >= 0.3 is 0 Å². The summed E-state index contributed by atoms with van der Waals surface area (Å²) in [5, 5.41) is 10.9. The van der Waals surface area contributed by atoms with Crippen LogP contribution in [0.15, 0.2) is 35.6 Å². The SMILES string of the molecule is CN=C(NCCCc1cnn(C)c1)NCCc1ccc2c(c1)CCO2. The Morgan fingerprint density at radius 1 is 1.24 bits per heavy atom. The largest absolute Gasteiger partial charge is 0.493 e. The van der Waals surface area contributed by atoms with Crippen LogP contribution in [0.4, 0.5) is 0 Å². The van der Waals surface area contributed by atoms with Crippen molar-refractivity contribution in [1.82, 2.24) is 20.4 Å². The lowest BCUT2D eigenvalue weighted by atomic mass is 10.1. The number of aryl methyl sites for hydroxylation is 2. The molecule has 0 radical (unpaired) electrons. The Kier molecular flexibility index (Phi) is 5.93. The van der Waals surface area contributed by atoms with Gasteiger partial charge < -0.3 is 15.4 Å². The molecule has 0 spiro atoms. The van der Waals surface area contributed by atoms with E-state index in [1.807, 2.05) is 25.0 Å². The Balaban J connectivity index is 1.35. The second-order valence-electron chi connectivity index (χ2n) is 6.34. The fourth-order valence-electron chi connectivity index (χ4n) is 3.04. The molecule has 0 atom stereocenters. The van der Waals surface area contributed by atoms with Crippen molar-refractivity contribution in [2.24, 2.45) is 12.0 Å². The van der Waals surface area contributed by atoms with Gasteiger partial charge in [-0.05, 0) is 42.0 Å². The van der Waals surface area contributed by atoms with Crippen LogP contribution in [0.1, 0.15) is 23.1 Å². The standard InChI is InChI=1S/C19H27N5O/c1-20-19(21-9-3-4-16-13-23-24(2)14-16)22-10-7-15-5-6-18-17(12-15)8-11-25-18/h5-6,12-14H,3-4,7-11H2,1-2H3,(H2,20,21,22). The summed E-state index contributed by atoms with van der Waals surface area (Å²) in [6.45, 7) is 2.57. The van der Waals surface area contributed by atoms with E-state index in [0.29, 0.717) is 0 Å². The Hall–Kier alpha value is -2.50. The van der Waals surface area contributed by atoms with Crippen LogP contribution >= 0.6 is 0 Å². The topological polar surface area (TPSA) is 63.5 Å². The molecule has 0 amide bonds. The number of aliphatic imine (C=N–C) groups is 1. The van der Waals surface area contributed by atoms with Gasteiger partial charge in [0.1, 0.15) is 5.75 Å². The first kappa shape index (κ1) is 17.3. The number of rotatable bonds is 7. The highest BCUT2D eigenvalue weighted by molar-refractivity contribution is 5.79. The van der Waals surface area contributed by atoms with Crippen LogP contribution in [-0.4, -0.2) is 42.5 Å². The van der Waals surface area contributed by atoms with Gasteiger partial charge in [0.25, 0.3) is 0 Å². The number of hydrogen-bond acceptors (Lipinski definition) is 3. The number of guanidine groups is 1. The maximum Gasteiger partial charge on any atom is 0.190 e. The van der Waals surface area contributed by atoms with Crippen molar-refractivity contribution >= 4 is 5.96 Å². The average molecular weight is 341 g/mol. The molecule has 0 saturated carbocycles. The number of hydrogen-bond donors (Lipinski definition) is 2. The van der Waals surface area contributed by atoms with E-state index >= 15 is 0 Å². The van der Waals surface area contributed by atoms with Gasteiger partial charge in [-0.2, -0.15) is 5.10 Å². The first-order chi connectivity index (χ1) is 12.2. The normalized spacial score (nSPS) is 13.4. The number of benzene rings is 1. The minimum atomic E-state index is 0.812. The lowest BCUT2D eigenvalue weighted by Gasteiger charge is -2.12. The number of ether oxygens (including phenoxy) is 1. The predicted octanol–water partition coefficient (Wildman–Crippen LogP) is 1.70. The molecular formula is C19H27N5O. The molecule has 25 heavy (non-hydrogen) atoms. The van der Waals surface area contributed by atoms with Crippen LogP contribution in [0, 0.1) is 0 Å². The van der Waals surface area contributed by atoms with Crippen molar-refractivity contribution < 1.29 is 4.74 Å². The van der Waals surface area contributed by atoms with E-state index in [-0.39, 0.29) is 0 Å². The summed E-state index contributed by atoms with van der Waals surface area (Å²) in [6, 6.07) is 6.49. The van der Waals surface area contributed by atoms with Crippen LogP contribution in [0.25, 0.3) is 0 Å². The fraction of sp³-hybridized carbons (Fsp3) is 0.474. The highest BCUT2D eigenvalue weighted by atomic mass is 16.5. The second-order valence-corrected chi connectivity index (χ2v) is 6.34. The van der Waals surface area contributed by atoms with Crippen LogP contribution in [0.3, 0.4) is 0 Å². The van der Waals surface area contributed by atoms with Gasteiger partial charge in [-0.3, -0.25) is 9.67 Å². The monoisotopic (exact) mass is 341 g/mol. The summed E-state index contributed by atoms with van der Waals surface area (Å²) in [4.78, 5) is 4.28. The fourth-order valence-corrected chi connectivity index (χ4v) is 3.04. The molecule has 6 nitrogen and oxygen atoms in total. The Bertz CT molecular complexity index is 722. The molecule has 1 aliphatic rings. The molecule has 2 heterocycles. The van der Waals surface area contributed by atoms with Crippen molar-refractivity contribution in [2.45, 2.75) is 25.7 Å². The zero-order chi connectivity index (χ0) is 17.5. The van der Waals surface area contributed by atoms with Gasteiger partial charge in [-0.15, -0.1) is 0 Å². The van der Waals surface area contributed by atoms with E-state index in [0.717, 1.165) is 57.1 Å². The van der Waals surface area contributed by atoms with E-state index in [1.165, 1.54) is 16.7 Å². The van der Waals surface area contributed by atoms with E-state index in [1.54, 1.807) is 0 Å². The molecule has 2 N–H and O–H groups in total. The van der Waals surface area contributed by atoms with Gasteiger partial charge in [0.05, 0.1) is 12.8 Å². The van der Waals surface area contributed by atoms with Gasteiger partial charge in [-0.25, -0.2) is 0 Å². The summed E-state index contributed by atoms with van der Waals surface area (Å²) >= 11 is 0. The second kappa shape index (κ2) is 8.55. The van der Waals surface area contributed by atoms with E-state index in [9.17, 15) is 0 Å². The van der Waals surface area contributed by atoms with Crippen LogP contribution in [0.5, 0.6) is 5.75 Å². The van der Waals surface area contributed by atoms with Crippen molar-refractivity contribution in [3.8, 4) is 5.75 Å². The molecular weight excluding hydrogens is 314 g/mol. The average Bonchev–Trinajstić information content (AvgIpc) is 3.25. The quantitative estimate of drug-likeness (QED) is 0.457. The van der Waals surface area contributed by atoms with Gasteiger partial charge in [0.15, 0.2) is 5.96 Å². The Morgan fingerprint density at radius 2 is 2.12 bits per heavy atom. The predicted molar refractivity (Wildman–Crippen MR) is 100 cm³/mol. The summed E-state index contributed by atoms with van der Waals surface area (Å²) in [6.07, 6.45) is 8.07. The Labute approximate surface area is 149 Å². The summed E-state index contributed by atoms with van der Waals surface area (Å²) in [5.41, 5.74) is 3.94. The zero-order valence-electron chi connectivity index (χ0n) is 15.1. The summed E-state index contributed by atoms with van der Waals surface area (Å²) in [7, 11) is 3.75. The third kappa shape index (κ3) is 4.98. The van der Waals surface area contributed by atoms with Crippen LogP contribution in [-0.2, 0) is 26.3 Å². The molecule has 0 bridgehead atoms. The third-order valence-electron chi connectivity index (χ3n) is 4.38. The third-order valence-corrected chi connectivity index (χ3v) is 4.38. The maximum absolute atomic E-state index is 5.55. The molecule has 0 unspecified atom stereocenters. The van der Waals surface area contributed by atoms with Crippen molar-refractivity contribution in [1.29, 1.82) is 0 Å². The maximum atomic E-state index is 5.55. The molecule has 0 saturated heterocycles. The number of aromatic nitrogens is 2. The number of nitrogens with one attached hydrogen (secondary N) is 2. The molecule has 0 fully saturated rings. The molecule has 1 aliphatic heterocycles. The number of fused-ring (bicyclic) bond motifs is 1. The highest BCUT2D eigenvalue weighted by Crippen LogP contribution is 2.25. The van der Waals surface area contributed by atoms with Crippen LogP contribution < -0.4 is 15.4 Å². The lowest BCUT2D eigenvalue weighted by molar-refractivity contribution is 0.357. The van der Waals surface area contributed by atoms with Crippen molar-refractivity contribution in [2.75, 3.05) is 26.7 Å². The molecule has 1 aromatic heterocycles. The molecule has 134 valence electrons. The minimum Gasteiger partial charge on any atom is -0.493 e. The summed E-state index contributed by atoms with van der Waals surface area (Å²) in [5.74, 6) is 1.90. The number of nitrogens with zero attached hydrogens (tertiary/aromatic N) is 3. The molecule has 1 aromatic carbocycles. The van der Waals surface area contributed by atoms with E-state index in [4.69, 9.17) is 4.74 Å². The van der Waals surface area contributed by atoms with E-state index < -0.39 is 0 Å². The van der Waals surface area contributed by atoms with Gasteiger partial charge in [0.2, 0.25) is 0 Å². The first-order valence-electron chi connectivity index (χ1n) is 8.91. The van der Waals surface area contributed by atoms with Crippen molar-refractivity contribution in [3.05, 3.63) is 47.3 Å². The summed E-state index contributed by atoms with van der Waals surface area (Å²) < 4.78 is 7.39. The van der Waals surface area contributed by atoms with Crippen LogP contribution in [0.2, 0.25) is 0 Å². The minimum absolute atomic E-state index is 0.812. The smallest absolute Gasteiger partial charge is 0.190 e. The van der Waals surface area contributed by atoms with E-state index in [2.05, 4.69) is 45.1 Å². The molecule has 6 heteroatoms.